The van der Waals surface area contributed by atoms with Crippen LogP contribution in [0, 0.1) is 5.92 Å². The molecule has 0 spiro atoms. The van der Waals surface area contributed by atoms with Crippen LogP contribution in [0.15, 0.2) is 6.20 Å². The molecule has 9 nitrogen and oxygen atoms in total. The van der Waals surface area contributed by atoms with Crippen molar-refractivity contribution in [3.63, 3.8) is 0 Å². The summed E-state index contributed by atoms with van der Waals surface area (Å²) in [4.78, 5) is 0. The quantitative estimate of drug-likeness (QED) is 0.342. The highest BCUT2D eigenvalue weighted by molar-refractivity contribution is 4.92. The molecule has 27 heavy (non-hydrogen) atoms. The largest absolute Gasteiger partial charge is 0.378 e. The zero-order valence-corrected chi connectivity index (χ0v) is 16.8. The third-order valence-corrected chi connectivity index (χ3v) is 3.42. The predicted molar refractivity (Wildman–Crippen MR) is 102 cm³/mol. The van der Waals surface area contributed by atoms with Crippen LogP contribution in [0.1, 0.15) is 19.5 Å². The summed E-state index contributed by atoms with van der Waals surface area (Å²) in [6.07, 6.45) is 2.93. The van der Waals surface area contributed by atoms with E-state index in [1.54, 1.807) is 0 Å². The second-order valence-electron chi connectivity index (χ2n) is 6.42. The topological polar surface area (TPSA) is 103 Å². The summed E-state index contributed by atoms with van der Waals surface area (Å²) < 4.78 is 28.7. The first-order chi connectivity index (χ1) is 13.2. The summed E-state index contributed by atoms with van der Waals surface area (Å²) in [6.45, 7) is 11.2. The lowest BCUT2D eigenvalue weighted by atomic mass is 10.1. The van der Waals surface area contributed by atoms with Gasteiger partial charge in [0, 0.05) is 12.7 Å². The number of aromatic nitrogens is 3. The smallest absolute Gasteiger partial charge is 0.0829 e. The summed E-state index contributed by atoms with van der Waals surface area (Å²) in [7, 11) is 0. The highest BCUT2D eigenvalue weighted by atomic mass is 16.6. The first kappa shape index (κ1) is 23.9. The minimum absolute atomic E-state index is 0.537. The van der Waals surface area contributed by atoms with E-state index >= 15 is 0 Å². The molecule has 0 radical (unpaired) electrons. The van der Waals surface area contributed by atoms with Crippen molar-refractivity contribution in [2.45, 2.75) is 26.8 Å². The van der Waals surface area contributed by atoms with E-state index < -0.39 is 0 Å². The van der Waals surface area contributed by atoms with E-state index in [1.165, 1.54) is 0 Å². The van der Waals surface area contributed by atoms with Gasteiger partial charge in [0.25, 0.3) is 0 Å². The highest BCUT2D eigenvalue weighted by Crippen LogP contribution is 2.03. The fourth-order valence-electron chi connectivity index (χ4n) is 2.18. The third kappa shape index (κ3) is 14.6. The fraction of sp³-hybridized carbons (Fsp3) is 0.889. The Bertz CT molecular complexity index is 445. The van der Waals surface area contributed by atoms with Gasteiger partial charge in [-0.3, -0.25) is 0 Å². The average Bonchev–Trinajstić information content (AvgIpc) is 3.08. The van der Waals surface area contributed by atoms with Crippen molar-refractivity contribution in [1.29, 1.82) is 0 Å². The van der Waals surface area contributed by atoms with Gasteiger partial charge in [0.05, 0.1) is 78.3 Å². The van der Waals surface area contributed by atoms with Crippen LogP contribution in [0.4, 0.5) is 0 Å². The average molecular weight is 389 g/mol. The molecule has 0 aromatic carbocycles. The zero-order valence-electron chi connectivity index (χ0n) is 16.8. The normalized spacial score (nSPS) is 11.6. The van der Waals surface area contributed by atoms with Crippen molar-refractivity contribution in [3.8, 4) is 0 Å². The Balaban J connectivity index is 1.78. The number of nitrogens with two attached hydrogens (primary N) is 1. The maximum absolute atomic E-state index is 5.53. The van der Waals surface area contributed by atoms with Gasteiger partial charge in [-0.1, -0.05) is 19.1 Å². The SMILES string of the molecule is CC(C)Cc1cn(CCOCCOCCOCCOCCOCCN)nn1. The number of ether oxygens (including phenoxy) is 5. The lowest BCUT2D eigenvalue weighted by Crippen LogP contribution is -2.15. The van der Waals surface area contributed by atoms with E-state index in [0.717, 1.165) is 12.1 Å². The van der Waals surface area contributed by atoms with Crippen molar-refractivity contribution < 1.29 is 23.7 Å². The number of hydrogen-bond donors (Lipinski definition) is 1. The first-order valence-corrected chi connectivity index (χ1v) is 9.70. The van der Waals surface area contributed by atoms with Gasteiger partial charge in [0.2, 0.25) is 0 Å². The molecule has 0 bridgehead atoms. The van der Waals surface area contributed by atoms with Crippen molar-refractivity contribution >= 4 is 0 Å². The molecule has 0 atom stereocenters. The van der Waals surface area contributed by atoms with Gasteiger partial charge < -0.3 is 29.4 Å². The van der Waals surface area contributed by atoms with Gasteiger partial charge in [-0.05, 0) is 12.3 Å². The Hall–Kier alpha value is -1.10. The van der Waals surface area contributed by atoms with Gasteiger partial charge in [-0.15, -0.1) is 5.10 Å². The Morgan fingerprint density at radius 1 is 0.815 bits per heavy atom. The van der Waals surface area contributed by atoms with Gasteiger partial charge >= 0.3 is 0 Å². The van der Waals surface area contributed by atoms with Crippen LogP contribution in [-0.4, -0.2) is 87.6 Å². The second kappa shape index (κ2) is 17.0. The molecule has 0 unspecified atom stereocenters. The molecule has 9 heteroatoms. The minimum atomic E-state index is 0.537. The van der Waals surface area contributed by atoms with E-state index in [-0.39, 0.29) is 0 Å². The minimum Gasteiger partial charge on any atom is -0.378 e. The predicted octanol–water partition coefficient (Wildman–Crippen LogP) is 0.518. The summed E-state index contributed by atoms with van der Waals surface area (Å²) >= 11 is 0. The molecule has 1 heterocycles. The molecule has 2 N–H and O–H groups in total. The molecule has 0 aliphatic heterocycles. The fourth-order valence-corrected chi connectivity index (χ4v) is 2.18. The molecular formula is C18H36N4O5. The standard InChI is InChI=1S/C18H36N4O5/c1-17(2)15-18-16-22(21-20-18)4-6-24-8-10-26-12-14-27-13-11-25-9-7-23-5-3-19/h16-17H,3-15,19H2,1-2H3. The van der Waals surface area contributed by atoms with Crippen LogP contribution in [-0.2, 0) is 36.6 Å². The van der Waals surface area contributed by atoms with Crippen LogP contribution in [0.25, 0.3) is 0 Å². The van der Waals surface area contributed by atoms with Crippen molar-refractivity contribution in [1.82, 2.24) is 15.0 Å². The Morgan fingerprint density at radius 2 is 1.30 bits per heavy atom. The maximum atomic E-state index is 5.53. The first-order valence-electron chi connectivity index (χ1n) is 9.70. The Morgan fingerprint density at radius 3 is 1.78 bits per heavy atom. The zero-order chi connectivity index (χ0) is 19.6. The summed E-state index contributed by atoms with van der Waals surface area (Å²) in [6, 6.07) is 0. The molecule has 1 rings (SSSR count). The molecule has 1 aromatic heterocycles. The van der Waals surface area contributed by atoms with E-state index in [2.05, 4.69) is 24.2 Å². The molecule has 0 amide bonds. The van der Waals surface area contributed by atoms with Crippen LogP contribution in [0.2, 0.25) is 0 Å². The molecule has 0 saturated heterocycles. The second-order valence-corrected chi connectivity index (χ2v) is 6.42. The maximum Gasteiger partial charge on any atom is 0.0829 e. The summed E-state index contributed by atoms with van der Waals surface area (Å²) in [5.74, 6) is 0.584. The van der Waals surface area contributed by atoms with Crippen LogP contribution < -0.4 is 5.73 Å². The van der Waals surface area contributed by atoms with Gasteiger partial charge in [0.1, 0.15) is 0 Å². The van der Waals surface area contributed by atoms with Crippen molar-refractivity contribution in [3.05, 3.63) is 11.9 Å². The molecule has 0 saturated carbocycles. The Kier molecular flexibility index (Phi) is 15.1. The van der Waals surface area contributed by atoms with E-state index in [0.29, 0.717) is 85.1 Å². The highest BCUT2D eigenvalue weighted by Gasteiger charge is 2.03. The molecule has 0 fully saturated rings. The molecule has 0 aliphatic rings. The third-order valence-electron chi connectivity index (χ3n) is 3.42. The van der Waals surface area contributed by atoms with E-state index in [1.807, 2.05) is 10.9 Å². The van der Waals surface area contributed by atoms with Crippen LogP contribution in [0.3, 0.4) is 0 Å². The van der Waals surface area contributed by atoms with Gasteiger partial charge in [-0.2, -0.15) is 0 Å². The lowest BCUT2D eigenvalue weighted by Gasteiger charge is -2.07. The molecule has 158 valence electrons. The van der Waals surface area contributed by atoms with Crippen molar-refractivity contribution in [2.75, 3.05) is 72.6 Å². The number of rotatable bonds is 19. The molecule has 1 aromatic rings. The Labute approximate surface area is 162 Å². The molecular weight excluding hydrogens is 352 g/mol. The number of hydrogen-bond acceptors (Lipinski definition) is 8. The van der Waals surface area contributed by atoms with Gasteiger partial charge in [-0.25, -0.2) is 4.68 Å². The lowest BCUT2D eigenvalue weighted by molar-refractivity contribution is -0.0111. The summed E-state index contributed by atoms with van der Waals surface area (Å²) in [5.41, 5.74) is 6.34. The van der Waals surface area contributed by atoms with Crippen molar-refractivity contribution in [2.24, 2.45) is 11.7 Å². The van der Waals surface area contributed by atoms with Crippen LogP contribution >= 0.6 is 0 Å². The number of nitrogens with zero attached hydrogens (tertiary/aromatic N) is 3. The monoisotopic (exact) mass is 388 g/mol. The molecule has 0 aliphatic carbocycles. The summed E-state index contributed by atoms with van der Waals surface area (Å²) in [5, 5.41) is 8.24. The van der Waals surface area contributed by atoms with E-state index in [9.17, 15) is 0 Å². The van der Waals surface area contributed by atoms with E-state index in [4.69, 9.17) is 29.4 Å². The van der Waals surface area contributed by atoms with Gasteiger partial charge in [0.15, 0.2) is 0 Å². The van der Waals surface area contributed by atoms with Crippen LogP contribution in [0.5, 0.6) is 0 Å².